The first-order valence-corrected chi connectivity index (χ1v) is 15.5. The maximum Gasteiger partial charge on any atom is 0.442 e. The van der Waals surface area contributed by atoms with Crippen LogP contribution in [-0.4, -0.2) is 118 Å². The van der Waals surface area contributed by atoms with E-state index in [0.29, 0.717) is 0 Å². The van der Waals surface area contributed by atoms with Crippen LogP contribution in [0.15, 0.2) is 34.5 Å². The smallest absolute Gasteiger partial charge is 0.370 e. The molecule has 47 heavy (non-hydrogen) atoms. The molecule has 1 aromatic carbocycles. The molecule has 8 rings (SSSR count). The van der Waals surface area contributed by atoms with Gasteiger partial charge in [0, 0.05) is 11.1 Å². The molecule has 7 aliphatic heterocycles. The highest BCUT2D eigenvalue weighted by Crippen LogP contribution is 2.52. The highest BCUT2D eigenvalue weighted by Gasteiger charge is 2.65. The fourth-order valence-electron chi connectivity index (χ4n) is 7.00. The third kappa shape index (κ3) is 5.67. The van der Waals surface area contributed by atoms with Gasteiger partial charge in [-0.3, -0.25) is 4.79 Å². The van der Waals surface area contributed by atoms with Crippen molar-refractivity contribution in [3.63, 3.8) is 0 Å². The van der Waals surface area contributed by atoms with Crippen molar-refractivity contribution in [3.8, 4) is 0 Å². The van der Waals surface area contributed by atoms with Crippen LogP contribution in [0.2, 0.25) is 0 Å². The third-order valence-corrected chi connectivity index (χ3v) is 9.15. The Morgan fingerprint density at radius 2 is 1.34 bits per heavy atom. The van der Waals surface area contributed by atoms with E-state index < -0.39 is 110 Å². The number of carbonyl (C=O) groups is 1. The maximum atomic E-state index is 13.5. The molecule has 6 saturated heterocycles. The van der Waals surface area contributed by atoms with Crippen LogP contribution >= 0.6 is 0 Å². The molecule has 0 spiro atoms. The Hall–Kier alpha value is -2.32. The van der Waals surface area contributed by atoms with Gasteiger partial charge in [0.2, 0.25) is 0 Å². The largest absolute Gasteiger partial charge is 0.442 e. The number of amides is 1. The summed E-state index contributed by atoms with van der Waals surface area (Å²) in [4.78, 5) is 13.5. The van der Waals surface area contributed by atoms with E-state index in [0.717, 1.165) is 12.1 Å². The summed E-state index contributed by atoms with van der Waals surface area (Å²) in [5.74, 6) is -2.61. The highest BCUT2D eigenvalue weighted by molar-refractivity contribution is 5.94. The molecule has 0 unspecified atom stereocenters. The SMILES string of the molecule is [3H]C(CO[C@H]1[C@@H]2OC(C)(C)O[C@@H]2[C@@H]2OC[C@H]1O2)(CO[C@H]1[C@@H]2OC(C)(C)O[C@@H]2[C@@H]2OC[C@H]1O2)NC(=O)c1ccc(C2(C(F)(F)F)N=N2)cc1. The second-order valence-corrected chi connectivity index (χ2v) is 13.4. The van der Waals surface area contributed by atoms with Crippen molar-refractivity contribution in [2.75, 3.05) is 26.4 Å². The minimum absolute atomic E-state index is 0.00176. The summed E-state index contributed by atoms with van der Waals surface area (Å²) in [6.45, 7) is 6.68. The zero-order valence-corrected chi connectivity index (χ0v) is 25.9. The van der Waals surface area contributed by atoms with Crippen LogP contribution in [0.25, 0.3) is 0 Å². The monoisotopic (exact) mass is 673 g/mol. The standard InChI is InChI=1S/C30H36F3N3O11/c1-27(2)44-20-18(16-11-40-25(42-16)22(20)46-27)38-9-15(10-39-19-17-12-41-26(43-17)23-21(19)45-28(3,4)47-23)34-24(37)13-5-7-14(8-6-13)29(35-36-29)30(31,32)33/h5-8,15-23,25-26H,9-12H2,1-4H3,(H,34,37)/t16-,17-,18-,19-,20+,21+,22+,23+,25-,26-/m1/s1/i15T. The number of halogens is 3. The summed E-state index contributed by atoms with van der Waals surface area (Å²) < 4.78 is 110. The molecule has 7 heterocycles. The van der Waals surface area contributed by atoms with Crippen molar-refractivity contribution in [2.45, 2.75) is 119 Å². The van der Waals surface area contributed by atoms with Crippen molar-refractivity contribution in [2.24, 2.45) is 10.2 Å². The van der Waals surface area contributed by atoms with Crippen molar-refractivity contribution in [1.29, 1.82) is 0 Å². The van der Waals surface area contributed by atoms with Gasteiger partial charge in [-0.25, -0.2) is 0 Å². The lowest BCUT2D eigenvalue weighted by molar-refractivity contribution is -0.213. The van der Waals surface area contributed by atoms with E-state index in [1.165, 1.54) is 12.1 Å². The Kier molecular flexibility index (Phi) is 7.25. The Morgan fingerprint density at radius 3 is 1.79 bits per heavy atom. The molecule has 10 atom stereocenters. The number of ether oxygens (including phenoxy) is 10. The van der Waals surface area contributed by atoms with Crippen LogP contribution in [0.1, 0.15) is 45.0 Å². The lowest BCUT2D eigenvalue weighted by atomic mass is 10.0. The van der Waals surface area contributed by atoms with Gasteiger partial charge in [0.15, 0.2) is 24.2 Å². The number of fused-ring (bicyclic) bond motifs is 8. The van der Waals surface area contributed by atoms with Gasteiger partial charge in [0.1, 0.15) is 48.8 Å². The summed E-state index contributed by atoms with van der Waals surface area (Å²) in [6, 6.07) is 2.75. The van der Waals surface area contributed by atoms with E-state index in [2.05, 4.69) is 15.5 Å². The fraction of sp³-hybridized carbons (Fsp3) is 0.767. The lowest BCUT2D eigenvalue weighted by Crippen LogP contribution is -2.56. The molecule has 0 radical (unpaired) electrons. The molecule has 4 bridgehead atoms. The van der Waals surface area contributed by atoms with Crippen LogP contribution in [0.4, 0.5) is 13.2 Å². The van der Waals surface area contributed by atoms with Crippen LogP contribution in [0, 0.1) is 0 Å². The number of hydrogen-bond acceptors (Lipinski definition) is 13. The van der Waals surface area contributed by atoms with Crippen molar-refractivity contribution in [1.82, 2.24) is 5.32 Å². The molecule has 0 saturated carbocycles. The van der Waals surface area contributed by atoms with Crippen molar-refractivity contribution in [3.05, 3.63) is 35.4 Å². The van der Waals surface area contributed by atoms with Gasteiger partial charge in [-0.1, -0.05) is 12.1 Å². The summed E-state index contributed by atoms with van der Waals surface area (Å²) in [6.07, 6.45) is -10.8. The van der Waals surface area contributed by atoms with Gasteiger partial charge in [0.25, 0.3) is 5.91 Å². The van der Waals surface area contributed by atoms with Crippen LogP contribution in [0.5, 0.6) is 0 Å². The average Bonchev–Trinajstić information content (AvgIpc) is 3.25. The number of nitrogens with one attached hydrogen (secondary N) is 1. The molecule has 7 aliphatic rings. The minimum atomic E-state index is -4.72. The van der Waals surface area contributed by atoms with Gasteiger partial charge in [-0.2, -0.15) is 13.2 Å². The van der Waals surface area contributed by atoms with Gasteiger partial charge in [-0.05, 0) is 39.8 Å². The Bertz CT molecular complexity index is 1400. The quantitative estimate of drug-likeness (QED) is 0.412. The number of alkyl halides is 3. The number of hydrogen-bond donors (Lipinski definition) is 1. The molecular formula is C30H36F3N3O11. The highest BCUT2D eigenvalue weighted by atomic mass is 19.4. The van der Waals surface area contributed by atoms with E-state index in [9.17, 15) is 19.3 Å². The minimum Gasteiger partial charge on any atom is -0.370 e. The first-order valence-electron chi connectivity index (χ1n) is 16.0. The number of rotatable bonds is 9. The van der Waals surface area contributed by atoms with Crippen molar-refractivity contribution < 1.29 is 66.7 Å². The average molecular weight is 674 g/mol. The zero-order chi connectivity index (χ0) is 33.9. The molecule has 0 aliphatic carbocycles. The lowest BCUT2D eigenvalue weighted by Gasteiger charge is -2.37. The third-order valence-electron chi connectivity index (χ3n) is 9.15. The molecule has 1 N–H and O–H groups in total. The molecule has 6 fully saturated rings. The molecule has 258 valence electrons. The number of nitrogens with zero attached hydrogens (tertiary/aromatic N) is 2. The van der Waals surface area contributed by atoms with Gasteiger partial charge >= 0.3 is 11.8 Å². The first kappa shape index (κ1) is 30.7. The van der Waals surface area contributed by atoms with Crippen LogP contribution in [0.3, 0.4) is 0 Å². The fourth-order valence-corrected chi connectivity index (χ4v) is 7.00. The Morgan fingerprint density at radius 1 is 0.872 bits per heavy atom. The summed E-state index contributed by atoms with van der Waals surface area (Å²) in [5, 5.41) is 9.06. The first-order chi connectivity index (χ1) is 22.6. The van der Waals surface area contributed by atoms with E-state index in [-0.39, 0.29) is 24.3 Å². The van der Waals surface area contributed by atoms with E-state index in [1.54, 1.807) is 27.7 Å². The summed E-state index contributed by atoms with van der Waals surface area (Å²) in [7, 11) is 0. The second kappa shape index (κ2) is 11.1. The number of carbonyl (C=O) groups excluding carboxylic acids is 1. The van der Waals surface area contributed by atoms with E-state index in [4.69, 9.17) is 47.4 Å². The molecule has 1 amide bonds. The number of benzene rings is 1. The van der Waals surface area contributed by atoms with Gasteiger partial charge in [-0.15, -0.1) is 10.2 Å². The maximum absolute atomic E-state index is 13.5. The Labute approximate surface area is 268 Å². The molecule has 17 heteroatoms. The van der Waals surface area contributed by atoms with Crippen LogP contribution in [-0.2, 0) is 53.0 Å². The predicted octanol–water partition coefficient (Wildman–Crippen LogP) is 2.29. The topological polar surface area (TPSA) is 146 Å². The molecular weight excluding hydrogens is 635 g/mol. The van der Waals surface area contributed by atoms with Gasteiger partial charge < -0.3 is 52.7 Å². The van der Waals surface area contributed by atoms with Gasteiger partial charge in [0.05, 0.1) is 33.8 Å². The van der Waals surface area contributed by atoms with E-state index in [1.807, 2.05) is 0 Å². The van der Waals surface area contributed by atoms with Crippen molar-refractivity contribution >= 4 is 5.91 Å². The molecule has 1 aromatic rings. The second-order valence-electron chi connectivity index (χ2n) is 13.4. The molecule has 0 aromatic heterocycles. The summed E-state index contributed by atoms with van der Waals surface area (Å²) >= 11 is 0. The summed E-state index contributed by atoms with van der Waals surface area (Å²) in [5.41, 5.74) is -2.86. The Balaban J connectivity index is 1.02. The molecule has 14 nitrogen and oxygen atoms in total. The normalized spacial score (nSPS) is 40.5. The zero-order valence-electron chi connectivity index (χ0n) is 26.9. The van der Waals surface area contributed by atoms with Crippen LogP contribution < -0.4 is 5.32 Å². The predicted molar refractivity (Wildman–Crippen MR) is 147 cm³/mol. The van der Waals surface area contributed by atoms with E-state index >= 15 is 0 Å².